The van der Waals surface area contributed by atoms with Crippen LogP contribution in [0, 0.1) is 5.92 Å². The summed E-state index contributed by atoms with van der Waals surface area (Å²) >= 11 is 7.41. The Bertz CT molecular complexity index is 950. The van der Waals surface area contributed by atoms with Crippen molar-refractivity contribution in [2.75, 3.05) is 18.8 Å². The van der Waals surface area contributed by atoms with Crippen molar-refractivity contribution in [2.24, 2.45) is 5.92 Å². The van der Waals surface area contributed by atoms with Crippen LogP contribution in [0.3, 0.4) is 0 Å². The highest BCUT2D eigenvalue weighted by molar-refractivity contribution is 7.99. The summed E-state index contributed by atoms with van der Waals surface area (Å²) in [5.74, 6) is 1.94. The molecule has 6 nitrogen and oxygen atoms in total. The van der Waals surface area contributed by atoms with Gasteiger partial charge < -0.3 is 4.90 Å². The van der Waals surface area contributed by atoms with Crippen molar-refractivity contribution < 1.29 is 4.79 Å². The Morgan fingerprint density at radius 2 is 1.89 bits per heavy atom. The zero-order chi connectivity index (χ0) is 18.8. The molecule has 0 radical (unpaired) electrons. The molecular formula is C19H20ClN5OS. The van der Waals surface area contributed by atoms with Crippen LogP contribution in [0.5, 0.6) is 0 Å². The summed E-state index contributed by atoms with van der Waals surface area (Å²) in [7, 11) is 0. The molecule has 8 heteroatoms. The summed E-state index contributed by atoms with van der Waals surface area (Å²) in [6.45, 7) is 3.96. The van der Waals surface area contributed by atoms with Gasteiger partial charge in [0.15, 0.2) is 11.5 Å². The van der Waals surface area contributed by atoms with Gasteiger partial charge in [0.05, 0.1) is 5.75 Å². The van der Waals surface area contributed by atoms with E-state index in [0.717, 1.165) is 36.5 Å². The van der Waals surface area contributed by atoms with Crippen molar-refractivity contribution in [1.29, 1.82) is 0 Å². The molecule has 1 aliphatic heterocycles. The second-order valence-electron chi connectivity index (χ2n) is 6.82. The smallest absolute Gasteiger partial charge is 0.232 e. The SMILES string of the molecule is CC1CCN(C(=O)CSc2ccc3nnc(-c4ccc(Cl)cc4)n3n2)CC1. The quantitative estimate of drug-likeness (QED) is 0.622. The lowest BCUT2D eigenvalue weighted by atomic mass is 9.99. The van der Waals surface area contributed by atoms with E-state index in [1.807, 2.05) is 41.3 Å². The lowest BCUT2D eigenvalue weighted by Crippen LogP contribution is -2.38. The highest BCUT2D eigenvalue weighted by atomic mass is 35.5. The molecule has 1 amide bonds. The van der Waals surface area contributed by atoms with Crippen molar-refractivity contribution in [3.8, 4) is 11.4 Å². The van der Waals surface area contributed by atoms with Crippen LogP contribution in [0.1, 0.15) is 19.8 Å². The number of halogens is 1. The number of rotatable bonds is 4. The summed E-state index contributed by atoms with van der Waals surface area (Å²) in [6, 6.07) is 11.2. The predicted molar refractivity (Wildman–Crippen MR) is 107 cm³/mol. The first-order chi connectivity index (χ1) is 13.1. The second-order valence-corrected chi connectivity index (χ2v) is 8.26. The number of thioether (sulfide) groups is 1. The summed E-state index contributed by atoms with van der Waals surface area (Å²) in [4.78, 5) is 14.4. The molecule has 27 heavy (non-hydrogen) atoms. The van der Waals surface area contributed by atoms with E-state index in [-0.39, 0.29) is 5.91 Å². The Hall–Kier alpha value is -2.12. The number of hydrogen-bond donors (Lipinski definition) is 0. The minimum absolute atomic E-state index is 0.176. The van der Waals surface area contributed by atoms with Crippen LogP contribution in [0.2, 0.25) is 5.02 Å². The lowest BCUT2D eigenvalue weighted by molar-refractivity contribution is -0.129. The van der Waals surface area contributed by atoms with Crippen LogP contribution in [0.15, 0.2) is 41.4 Å². The van der Waals surface area contributed by atoms with Gasteiger partial charge in [-0.25, -0.2) is 0 Å². The molecule has 0 bridgehead atoms. The van der Waals surface area contributed by atoms with Crippen molar-refractivity contribution in [2.45, 2.75) is 24.8 Å². The van der Waals surface area contributed by atoms with Crippen LogP contribution in [-0.4, -0.2) is 49.5 Å². The highest BCUT2D eigenvalue weighted by Gasteiger charge is 2.20. The Labute approximate surface area is 166 Å². The van der Waals surface area contributed by atoms with Crippen LogP contribution in [0.25, 0.3) is 17.0 Å². The lowest BCUT2D eigenvalue weighted by Gasteiger charge is -2.30. The fraction of sp³-hybridized carbons (Fsp3) is 0.368. The molecule has 0 saturated carbocycles. The average molecular weight is 402 g/mol. The third-order valence-electron chi connectivity index (χ3n) is 4.82. The monoisotopic (exact) mass is 401 g/mol. The second kappa shape index (κ2) is 7.86. The minimum atomic E-state index is 0.176. The molecule has 4 rings (SSSR count). The average Bonchev–Trinajstić information content (AvgIpc) is 3.10. The van der Waals surface area contributed by atoms with E-state index >= 15 is 0 Å². The van der Waals surface area contributed by atoms with Gasteiger partial charge in [-0.05, 0) is 55.2 Å². The maximum atomic E-state index is 12.4. The predicted octanol–water partition coefficient (Wildman–Crippen LogP) is 3.80. The van der Waals surface area contributed by atoms with Gasteiger partial charge in [0.1, 0.15) is 5.03 Å². The summed E-state index contributed by atoms with van der Waals surface area (Å²) in [5.41, 5.74) is 1.56. The number of hydrogen-bond acceptors (Lipinski definition) is 5. The van der Waals surface area contributed by atoms with E-state index < -0.39 is 0 Å². The number of carbonyl (C=O) groups is 1. The van der Waals surface area contributed by atoms with Gasteiger partial charge in [-0.1, -0.05) is 30.3 Å². The fourth-order valence-electron chi connectivity index (χ4n) is 3.11. The summed E-state index contributed by atoms with van der Waals surface area (Å²) in [6.07, 6.45) is 2.18. The van der Waals surface area contributed by atoms with E-state index in [9.17, 15) is 4.79 Å². The molecule has 0 spiro atoms. The van der Waals surface area contributed by atoms with Crippen molar-refractivity contribution in [3.05, 3.63) is 41.4 Å². The third-order valence-corrected chi connectivity index (χ3v) is 5.98. The number of aromatic nitrogens is 4. The molecule has 3 heterocycles. The van der Waals surface area contributed by atoms with Crippen LogP contribution < -0.4 is 0 Å². The fourth-order valence-corrected chi connectivity index (χ4v) is 4.00. The Balaban J connectivity index is 1.49. The maximum Gasteiger partial charge on any atom is 0.232 e. The largest absolute Gasteiger partial charge is 0.342 e. The van der Waals surface area contributed by atoms with E-state index in [2.05, 4.69) is 22.2 Å². The van der Waals surface area contributed by atoms with Crippen LogP contribution >= 0.6 is 23.4 Å². The molecular weight excluding hydrogens is 382 g/mol. The van der Waals surface area contributed by atoms with Gasteiger partial charge >= 0.3 is 0 Å². The molecule has 0 atom stereocenters. The number of piperidine rings is 1. The molecule has 1 saturated heterocycles. The number of likely N-dealkylation sites (tertiary alicyclic amines) is 1. The van der Waals surface area contributed by atoms with E-state index in [4.69, 9.17) is 11.6 Å². The number of fused-ring (bicyclic) bond motifs is 1. The molecule has 1 aliphatic rings. The van der Waals surface area contributed by atoms with Crippen LogP contribution in [0.4, 0.5) is 0 Å². The van der Waals surface area contributed by atoms with Crippen LogP contribution in [-0.2, 0) is 4.79 Å². The zero-order valence-corrected chi connectivity index (χ0v) is 16.6. The highest BCUT2D eigenvalue weighted by Crippen LogP contribution is 2.23. The summed E-state index contributed by atoms with van der Waals surface area (Å²) < 4.78 is 1.71. The first-order valence-corrected chi connectivity index (χ1v) is 10.4. The van der Waals surface area contributed by atoms with E-state index in [1.165, 1.54) is 11.8 Å². The zero-order valence-electron chi connectivity index (χ0n) is 15.0. The van der Waals surface area contributed by atoms with E-state index in [1.54, 1.807) is 4.52 Å². The van der Waals surface area contributed by atoms with Gasteiger partial charge in [-0.2, -0.15) is 9.61 Å². The molecule has 140 valence electrons. The molecule has 2 aromatic heterocycles. The Kier molecular flexibility index (Phi) is 5.31. The van der Waals surface area contributed by atoms with E-state index in [0.29, 0.717) is 28.2 Å². The molecule has 0 unspecified atom stereocenters. The molecule has 3 aromatic rings. The first-order valence-electron chi connectivity index (χ1n) is 8.99. The minimum Gasteiger partial charge on any atom is -0.342 e. The maximum absolute atomic E-state index is 12.4. The number of nitrogens with zero attached hydrogens (tertiary/aromatic N) is 5. The topological polar surface area (TPSA) is 63.4 Å². The van der Waals surface area contributed by atoms with Crippen molar-refractivity contribution in [3.63, 3.8) is 0 Å². The van der Waals surface area contributed by atoms with Crippen molar-refractivity contribution >= 4 is 34.9 Å². The Morgan fingerprint density at radius 3 is 2.63 bits per heavy atom. The normalized spacial score (nSPS) is 15.4. The van der Waals surface area contributed by atoms with Gasteiger partial charge in [0, 0.05) is 23.7 Å². The summed E-state index contributed by atoms with van der Waals surface area (Å²) in [5, 5.41) is 14.5. The van der Waals surface area contributed by atoms with Gasteiger partial charge in [0.25, 0.3) is 0 Å². The van der Waals surface area contributed by atoms with Crippen molar-refractivity contribution in [1.82, 2.24) is 24.7 Å². The third kappa shape index (κ3) is 4.09. The molecule has 0 N–H and O–H groups in total. The Morgan fingerprint density at radius 1 is 1.15 bits per heavy atom. The molecule has 1 aromatic carbocycles. The molecule has 0 aliphatic carbocycles. The first kappa shape index (κ1) is 18.3. The standard InChI is InChI=1S/C19H20ClN5OS/c1-13-8-10-24(11-9-13)18(26)12-27-17-7-6-16-21-22-19(25(16)23-17)14-2-4-15(20)5-3-14/h2-7,13H,8-12H2,1H3. The molecule has 1 fully saturated rings. The van der Waals surface area contributed by atoms with Gasteiger partial charge in [-0.15, -0.1) is 10.2 Å². The van der Waals surface area contributed by atoms with Gasteiger partial charge in [-0.3, -0.25) is 4.79 Å². The number of amides is 1. The number of benzene rings is 1. The number of carbonyl (C=O) groups excluding carboxylic acids is 1. The van der Waals surface area contributed by atoms with Gasteiger partial charge in [0.2, 0.25) is 5.91 Å².